The number of aromatic nitrogens is 1. The van der Waals surface area contributed by atoms with Gasteiger partial charge in [0.25, 0.3) is 5.91 Å². The Kier molecular flexibility index (Phi) is 3.53. The Morgan fingerprint density at radius 3 is 2.76 bits per heavy atom. The highest BCUT2D eigenvalue weighted by atomic mass is 19.1. The lowest BCUT2D eigenvalue weighted by Crippen LogP contribution is -2.53. The summed E-state index contributed by atoms with van der Waals surface area (Å²) in [6, 6.07) is 9.47. The average molecular weight is 287 g/mol. The second kappa shape index (κ2) is 5.49. The third kappa shape index (κ3) is 2.71. The maximum absolute atomic E-state index is 13.7. The molecule has 0 atom stereocenters. The number of halogens is 1. The first-order valence-corrected chi connectivity index (χ1v) is 6.59. The fourth-order valence-electron chi connectivity index (χ4n) is 2.16. The zero-order chi connectivity index (χ0) is 14.8. The second-order valence-corrected chi connectivity index (χ2v) is 4.87. The number of carbonyl (C=O) groups is 1. The number of likely N-dealkylation sites (tertiary alicyclic amines) is 1. The highest BCUT2D eigenvalue weighted by Gasteiger charge is 2.30. The summed E-state index contributed by atoms with van der Waals surface area (Å²) in [6.45, 7) is 0.625. The van der Waals surface area contributed by atoms with Crippen LogP contribution in [0, 0.1) is 5.82 Å². The number of para-hydroxylation sites is 1. The van der Waals surface area contributed by atoms with Gasteiger partial charge in [-0.2, -0.15) is 0 Å². The van der Waals surface area contributed by atoms with Crippen molar-refractivity contribution in [2.24, 2.45) is 0 Å². The maximum Gasteiger partial charge on any atom is 0.257 e. The summed E-state index contributed by atoms with van der Waals surface area (Å²) in [5, 5.41) is 12.1. The van der Waals surface area contributed by atoms with E-state index in [4.69, 9.17) is 0 Å². The molecule has 0 saturated carbocycles. The van der Waals surface area contributed by atoms with Crippen molar-refractivity contribution < 1.29 is 14.3 Å². The molecule has 0 bridgehead atoms. The molecule has 0 radical (unpaired) electrons. The minimum absolute atomic E-state index is 0.229. The normalized spacial score (nSPS) is 14.7. The van der Waals surface area contributed by atoms with Crippen molar-refractivity contribution in [1.29, 1.82) is 0 Å². The predicted octanol–water partition coefficient (Wildman–Crippen LogP) is 1.78. The van der Waals surface area contributed by atoms with Crippen molar-refractivity contribution >= 4 is 17.4 Å². The molecule has 2 N–H and O–H groups in total. The van der Waals surface area contributed by atoms with Crippen LogP contribution in [-0.4, -0.2) is 40.1 Å². The Bertz CT molecular complexity index is 671. The van der Waals surface area contributed by atoms with Gasteiger partial charge >= 0.3 is 0 Å². The molecule has 2 aromatic rings. The molecule has 0 aliphatic carbocycles. The largest absolute Gasteiger partial charge is 0.389 e. The van der Waals surface area contributed by atoms with Gasteiger partial charge in [-0.1, -0.05) is 12.1 Å². The lowest BCUT2D eigenvalue weighted by atomic mass is 10.1. The van der Waals surface area contributed by atoms with Gasteiger partial charge < -0.3 is 15.3 Å². The molecular formula is C15H14FN3O2. The fourth-order valence-corrected chi connectivity index (χ4v) is 2.16. The van der Waals surface area contributed by atoms with Crippen LogP contribution >= 0.6 is 0 Å². The van der Waals surface area contributed by atoms with Crippen LogP contribution in [0.4, 0.5) is 15.9 Å². The Labute approximate surface area is 121 Å². The summed E-state index contributed by atoms with van der Waals surface area (Å²) >= 11 is 0. The van der Waals surface area contributed by atoms with Gasteiger partial charge in [-0.25, -0.2) is 9.37 Å². The standard InChI is InChI=1S/C15H14FN3O2/c16-12-5-1-2-6-13(12)18-14-11(4-3-7-17-14)15(21)19-8-10(20)9-19/h1-7,10,20H,8-9H2,(H,17,18). The molecule has 1 aliphatic rings. The third-order valence-corrected chi connectivity index (χ3v) is 3.31. The number of β-amino-alcohol motifs (C(OH)–C–C–N with tert-alkyl or cyclic N) is 1. The van der Waals surface area contributed by atoms with Gasteiger partial charge in [-0.15, -0.1) is 0 Å². The van der Waals surface area contributed by atoms with E-state index in [0.717, 1.165) is 0 Å². The number of anilines is 2. The Balaban J connectivity index is 1.86. The predicted molar refractivity (Wildman–Crippen MR) is 75.8 cm³/mol. The van der Waals surface area contributed by atoms with Crippen LogP contribution in [0.5, 0.6) is 0 Å². The van der Waals surface area contributed by atoms with Crippen LogP contribution in [0.2, 0.25) is 0 Å². The van der Waals surface area contributed by atoms with Crippen molar-refractivity contribution in [1.82, 2.24) is 9.88 Å². The molecule has 6 heteroatoms. The van der Waals surface area contributed by atoms with Gasteiger partial charge in [0.05, 0.1) is 17.4 Å². The Morgan fingerprint density at radius 2 is 2.05 bits per heavy atom. The second-order valence-electron chi connectivity index (χ2n) is 4.87. The highest BCUT2D eigenvalue weighted by Crippen LogP contribution is 2.23. The number of amides is 1. The first kappa shape index (κ1) is 13.5. The summed E-state index contributed by atoms with van der Waals surface area (Å²) in [5.41, 5.74) is 0.613. The molecule has 108 valence electrons. The minimum atomic E-state index is -0.464. The van der Waals surface area contributed by atoms with Crippen LogP contribution in [0.1, 0.15) is 10.4 Å². The van der Waals surface area contributed by atoms with E-state index in [1.165, 1.54) is 17.2 Å². The molecule has 21 heavy (non-hydrogen) atoms. The first-order valence-electron chi connectivity index (χ1n) is 6.59. The van der Waals surface area contributed by atoms with Gasteiger partial charge in [0.1, 0.15) is 11.6 Å². The van der Waals surface area contributed by atoms with E-state index in [0.29, 0.717) is 24.5 Å². The third-order valence-electron chi connectivity index (χ3n) is 3.31. The van der Waals surface area contributed by atoms with Crippen molar-refractivity contribution in [3.8, 4) is 0 Å². The lowest BCUT2D eigenvalue weighted by Gasteiger charge is -2.36. The van der Waals surface area contributed by atoms with Crippen molar-refractivity contribution in [2.45, 2.75) is 6.10 Å². The number of rotatable bonds is 3. The van der Waals surface area contributed by atoms with Crippen LogP contribution in [-0.2, 0) is 0 Å². The Morgan fingerprint density at radius 1 is 1.29 bits per heavy atom. The quantitative estimate of drug-likeness (QED) is 0.903. The zero-order valence-electron chi connectivity index (χ0n) is 11.2. The zero-order valence-corrected chi connectivity index (χ0v) is 11.2. The van der Waals surface area contributed by atoms with E-state index in [1.54, 1.807) is 30.3 Å². The van der Waals surface area contributed by atoms with Crippen LogP contribution in [0.25, 0.3) is 0 Å². The number of hydrogen-bond donors (Lipinski definition) is 2. The average Bonchev–Trinajstić information content (AvgIpc) is 2.46. The summed E-state index contributed by atoms with van der Waals surface area (Å²) in [7, 11) is 0. The number of nitrogens with one attached hydrogen (secondary N) is 1. The van der Waals surface area contributed by atoms with E-state index < -0.39 is 11.9 Å². The van der Waals surface area contributed by atoms with Crippen molar-refractivity contribution in [2.75, 3.05) is 18.4 Å². The van der Waals surface area contributed by atoms with E-state index in [1.807, 2.05) is 0 Å². The molecule has 0 spiro atoms. The van der Waals surface area contributed by atoms with Crippen LogP contribution < -0.4 is 5.32 Å². The van der Waals surface area contributed by atoms with Crippen LogP contribution in [0.3, 0.4) is 0 Å². The fraction of sp³-hybridized carbons (Fsp3) is 0.200. The summed E-state index contributed by atoms with van der Waals surface area (Å²) in [6.07, 6.45) is 1.07. The van der Waals surface area contributed by atoms with Gasteiger partial charge in [0, 0.05) is 19.3 Å². The molecule has 5 nitrogen and oxygen atoms in total. The van der Waals surface area contributed by atoms with Gasteiger partial charge in [-0.3, -0.25) is 4.79 Å². The molecule has 1 saturated heterocycles. The van der Waals surface area contributed by atoms with Crippen molar-refractivity contribution in [3.05, 3.63) is 54.0 Å². The number of aliphatic hydroxyl groups excluding tert-OH is 1. The lowest BCUT2D eigenvalue weighted by molar-refractivity contribution is 0.00594. The van der Waals surface area contributed by atoms with E-state index in [-0.39, 0.29) is 11.6 Å². The number of nitrogens with zero attached hydrogens (tertiary/aromatic N) is 2. The number of hydrogen-bond acceptors (Lipinski definition) is 4. The first-order chi connectivity index (χ1) is 10.1. The number of carbonyl (C=O) groups excluding carboxylic acids is 1. The SMILES string of the molecule is O=C(c1cccnc1Nc1ccccc1F)N1CC(O)C1. The molecule has 3 rings (SSSR count). The number of aliphatic hydroxyl groups is 1. The Hall–Kier alpha value is -2.47. The monoisotopic (exact) mass is 287 g/mol. The maximum atomic E-state index is 13.7. The molecule has 1 aliphatic heterocycles. The number of pyridine rings is 1. The van der Waals surface area contributed by atoms with E-state index in [9.17, 15) is 14.3 Å². The van der Waals surface area contributed by atoms with Crippen LogP contribution in [0.15, 0.2) is 42.6 Å². The molecule has 1 aromatic carbocycles. The van der Waals surface area contributed by atoms with E-state index in [2.05, 4.69) is 10.3 Å². The molecule has 1 aromatic heterocycles. The molecule has 1 amide bonds. The summed E-state index contributed by atoms with van der Waals surface area (Å²) < 4.78 is 13.7. The van der Waals surface area contributed by atoms with Gasteiger partial charge in [0.2, 0.25) is 0 Å². The van der Waals surface area contributed by atoms with Gasteiger partial charge in [-0.05, 0) is 24.3 Å². The summed E-state index contributed by atoms with van der Waals surface area (Å²) in [5.74, 6) is -0.345. The number of benzene rings is 1. The van der Waals surface area contributed by atoms with Gasteiger partial charge in [0.15, 0.2) is 0 Å². The molecule has 2 heterocycles. The molecule has 1 fully saturated rings. The molecule has 0 unspecified atom stereocenters. The topological polar surface area (TPSA) is 65.5 Å². The van der Waals surface area contributed by atoms with E-state index >= 15 is 0 Å². The minimum Gasteiger partial charge on any atom is -0.389 e. The smallest absolute Gasteiger partial charge is 0.257 e. The summed E-state index contributed by atoms with van der Waals surface area (Å²) in [4.78, 5) is 17.9. The highest BCUT2D eigenvalue weighted by molar-refractivity contribution is 5.99. The molecular weight excluding hydrogens is 273 g/mol. The van der Waals surface area contributed by atoms with Crippen molar-refractivity contribution in [3.63, 3.8) is 0 Å².